The molecular weight excluding hydrogens is 236 g/mol. The van der Waals surface area contributed by atoms with Gasteiger partial charge in [-0.2, -0.15) is 0 Å². The summed E-state index contributed by atoms with van der Waals surface area (Å²) in [6.45, 7) is 6.94. The largest absolute Gasteiger partial charge is 0.353 e. The van der Waals surface area contributed by atoms with Crippen LogP contribution in [0.5, 0.6) is 0 Å². The monoisotopic (exact) mass is 262 g/mol. The SMILES string of the molecule is CCC(C)CC(C)NC(=O)Cc1ccccc1CN. The van der Waals surface area contributed by atoms with Crippen molar-refractivity contribution in [1.82, 2.24) is 5.32 Å². The Morgan fingerprint density at radius 2 is 1.89 bits per heavy atom. The van der Waals surface area contributed by atoms with E-state index in [9.17, 15) is 4.79 Å². The number of rotatable bonds is 7. The number of hydrogen-bond acceptors (Lipinski definition) is 2. The van der Waals surface area contributed by atoms with Gasteiger partial charge in [-0.05, 0) is 30.4 Å². The lowest BCUT2D eigenvalue weighted by Crippen LogP contribution is -2.35. The predicted octanol–water partition coefficient (Wildman–Crippen LogP) is 2.63. The number of amides is 1. The molecule has 1 aromatic carbocycles. The average Bonchev–Trinajstić information content (AvgIpc) is 2.38. The van der Waals surface area contributed by atoms with E-state index in [1.54, 1.807) is 0 Å². The molecular formula is C16H26N2O. The van der Waals surface area contributed by atoms with E-state index >= 15 is 0 Å². The summed E-state index contributed by atoms with van der Waals surface area (Å²) in [5.74, 6) is 0.725. The summed E-state index contributed by atoms with van der Waals surface area (Å²) in [6, 6.07) is 8.08. The molecule has 2 unspecified atom stereocenters. The molecule has 19 heavy (non-hydrogen) atoms. The van der Waals surface area contributed by atoms with E-state index < -0.39 is 0 Å². The van der Waals surface area contributed by atoms with Gasteiger partial charge in [0.25, 0.3) is 0 Å². The second-order valence-corrected chi connectivity index (χ2v) is 5.37. The molecule has 0 fully saturated rings. The summed E-state index contributed by atoms with van der Waals surface area (Å²) in [5.41, 5.74) is 7.75. The van der Waals surface area contributed by atoms with Crippen LogP contribution in [-0.2, 0) is 17.8 Å². The molecule has 1 aromatic rings. The van der Waals surface area contributed by atoms with Crippen LogP contribution >= 0.6 is 0 Å². The van der Waals surface area contributed by atoms with Crippen LogP contribution in [0.1, 0.15) is 44.7 Å². The number of nitrogens with one attached hydrogen (secondary N) is 1. The van der Waals surface area contributed by atoms with Crippen molar-refractivity contribution in [1.29, 1.82) is 0 Å². The highest BCUT2D eigenvalue weighted by molar-refractivity contribution is 5.79. The van der Waals surface area contributed by atoms with Crippen LogP contribution in [0.2, 0.25) is 0 Å². The molecule has 0 aliphatic heterocycles. The van der Waals surface area contributed by atoms with Crippen molar-refractivity contribution in [2.24, 2.45) is 11.7 Å². The van der Waals surface area contributed by atoms with Crippen LogP contribution < -0.4 is 11.1 Å². The number of hydrogen-bond donors (Lipinski definition) is 2. The minimum atomic E-state index is 0.0803. The molecule has 3 nitrogen and oxygen atoms in total. The van der Waals surface area contributed by atoms with Gasteiger partial charge in [0, 0.05) is 12.6 Å². The average molecular weight is 262 g/mol. The van der Waals surface area contributed by atoms with Crippen LogP contribution in [0.25, 0.3) is 0 Å². The fraction of sp³-hybridized carbons (Fsp3) is 0.562. The first-order chi connectivity index (χ1) is 9.06. The molecule has 3 N–H and O–H groups in total. The van der Waals surface area contributed by atoms with Crippen LogP contribution in [0.3, 0.4) is 0 Å². The van der Waals surface area contributed by atoms with E-state index in [4.69, 9.17) is 5.73 Å². The Morgan fingerprint density at radius 3 is 2.47 bits per heavy atom. The first kappa shape index (κ1) is 15.7. The van der Waals surface area contributed by atoms with Gasteiger partial charge in [0.05, 0.1) is 6.42 Å². The summed E-state index contributed by atoms with van der Waals surface area (Å²) in [5, 5.41) is 3.07. The van der Waals surface area contributed by atoms with Gasteiger partial charge in [-0.25, -0.2) is 0 Å². The molecule has 0 spiro atoms. The lowest BCUT2D eigenvalue weighted by Gasteiger charge is -2.18. The third-order valence-corrected chi connectivity index (χ3v) is 3.55. The highest BCUT2D eigenvalue weighted by Gasteiger charge is 2.12. The summed E-state index contributed by atoms with van der Waals surface area (Å²) >= 11 is 0. The Kier molecular flexibility index (Phi) is 6.57. The summed E-state index contributed by atoms with van der Waals surface area (Å²) in [7, 11) is 0. The third kappa shape index (κ3) is 5.43. The zero-order valence-electron chi connectivity index (χ0n) is 12.3. The summed E-state index contributed by atoms with van der Waals surface area (Å²) < 4.78 is 0. The van der Waals surface area contributed by atoms with E-state index in [1.807, 2.05) is 24.3 Å². The van der Waals surface area contributed by atoms with Crippen LogP contribution in [0, 0.1) is 5.92 Å². The molecule has 2 atom stereocenters. The number of benzene rings is 1. The Bertz CT molecular complexity index is 403. The molecule has 0 aliphatic carbocycles. The third-order valence-electron chi connectivity index (χ3n) is 3.55. The van der Waals surface area contributed by atoms with Crippen LogP contribution in [0.15, 0.2) is 24.3 Å². The second-order valence-electron chi connectivity index (χ2n) is 5.37. The fourth-order valence-corrected chi connectivity index (χ4v) is 2.26. The summed E-state index contributed by atoms with van der Waals surface area (Å²) in [4.78, 5) is 12.0. The minimum Gasteiger partial charge on any atom is -0.353 e. The van der Waals surface area contributed by atoms with Crippen molar-refractivity contribution in [3.05, 3.63) is 35.4 Å². The Balaban J connectivity index is 2.51. The lowest BCUT2D eigenvalue weighted by atomic mass is 10.00. The maximum absolute atomic E-state index is 12.0. The normalized spacial score (nSPS) is 13.9. The van der Waals surface area contributed by atoms with Crippen LogP contribution in [0.4, 0.5) is 0 Å². The topological polar surface area (TPSA) is 55.1 Å². The van der Waals surface area contributed by atoms with Gasteiger partial charge in [0.15, 0.2) is 0 Å². The highest BCUT2D eigenvalue weighted by atomic mass is 16.1. The fourth-order valence-electron chi connectivity index (χ4n) is 2.26. The highest BCUT2D eigenvalue weighted by Crippen LogP contribution is 2.11. The van der Waals surface area contributed by atoms with Crippen molar-refractivity contribution >= 4 is 5.91 Å². The smallest absolute Gasteiger partial charge is 0.224 e. The van der Waals surface area contributed by atoms with Gasteiger partial charge < -0.3 is 11.1 Å². The first-order valence-corrected chi connectivity index (χ1v) is 7.13. The van der Waals surface area contributed by atoms with Crippen molar-refractivity contribution < 1.29 is 4.79 Å². The molecule has 0 heterocycles. The van der Waals surface area contributed by atoms with E-state index in [2.05, 4.69) is 26.1 Å². The molecule has 0 saturated heterocycles. The van der Waals surface area contributed by atoms with E-state index in [0.29, 0.717) is 18.9 Å². The Morgan fingerprint density at radius 1 is 1.26 bits per heavy atom. The number of nitrogens with two attached hydrogens (primary N) is 1. The predicted molar refractivity (Wildman–Crippen MR) is 79.7 cm³/mol. The van der Waals surface area contributed by atoms with Crippen molar-refractivity contribution in [2.45, 2.75) is 52.6 Å². The zero-order valence-corrected chi connectivity index (χ0v) is 12.3. The number of carbonyl (C=O) groups is 1. The van der Waals surface area contributed by atoms with Gasteiger partial charge in [0.1, 0.15) is 0 Å². The Hall–Kier alpha value is -1.35. The maximum atomic E-state index is 12.0. The maximum Gasteiger partial charge on any atom is 0.224 e. The van der Waals surface area contributed by atoms with Crippen molar-refractivity contribution in [3.8, 4) is 0 Å². The van der Waals surface area contributed by atoms with Gasteiger partial charge in [0.2, 0.25) is 5.91 Å². The molecule has 0 aromatic heterocycles. The molecule has 1 rings (SSSR count). The van der Waals surface area contributed by atoms with Gasteiger partial charge in [-0.1, -0.05) is 44.5 Å². The van der Waals surface area contributed by atoms with E-state index in [0.717, 1.165) is 24.0 Å². The van der Waals surface area contributed by atoms with Crippen molar-refractivity contribution in [2.75, 3.05) is 0 Å². The minimum absolute atomic E-state index is 0.0803. The molecule has 0 bridgehead atoms. The molecule has 3 heteroatoms. The lowest BCUT2D eigenvalue weighted by molar-refractivity contribution is -0.121. The Labute approximate surface area is 116 Å². The van der Waals surface area contributed by atoms with Gasteiger partial charge in [-0.3, -0.25) is 4.79 Å². The number of carbonyl (C=O) groups excluding carboxylic acids is 1. The van der Waals surface area contributed by atoms with Gasteiger partial charge >= 0.3 is 0 Å². The molecule has 0 saturated carbocycles. The zero-order chi connectivity index (χ0) is 14.3. The van der Waals surface area contributed by atoms with Gasteiger partial charge in [-0.15, -0.1) is 0 Å². The first-order valence-electron chi connectivity index (χ1n) is 7.13. The standard InChI is InChI=1S/C16H26N2O/c1-4-12(2)9-13(3)18-16(19)10-14-7-5-6-8-15(14)11-17/h5-8,12-13H,4,9-11,17H2,1-3H3,(H,18,19). The molecule has 0 radical (unpaired) electrons. The second kappa shape index (κ2) is 7.95. The van der Waals surface area contributed by atoms with E-state index in [1.165, 1.54) is 0 Å². The molecule has 1 amide bonds. The quantitative estimate of drug-likeness (QED) is 0.793. The van der Waals surface area contributed by atoms with E-state index in [-0.39, 0.29) is 11.9 Å². The molecule has 106 valence electrons. The molecule has 0 aliphatic rings. The van der Waals surface area contributed by atoms with Crippen LogP contribution in [-0.4, -0.2) is 11.9 Å². The van der Waals surface area contributed by atoms with Crippen molar-refractivity contribution in [3.63, 3.8) is 0 Å². The summed E-state index contributed by atoms with van der Waals surface area (Å²) in [6.07, 6.45) is 2.59.